The van der Waals surface area contributed by atoms with Crippen molar-refractivity contribution in [2.45, 2.75) is 51.9 Å². The molecule has 0 bridgehead atoms. The quantitative estimate of drug-likeness (QED) is 0.688. The molecule has 0 saturated heterocycles. The monoisotopic (exact) mass is 199 g/mol. The Labute approximate surface area is 87.1 Å². The summed E-state index contributed by atoms with van der Waals surface area (Å²) in [6.45, 7) is 2.23. The number of thiocarbonyl (C=S) groups is 1. The van der Waals surface area contributed by atoms with E-state index in [1.54, 1.807) is 0 Å². The van der Waals surface area contributed by atoms with Gasteiger partial charge in [0.25, 0.3) is 0 Å². The fourth-order valence-corrected chi connectivity index (χ4v) is 2.70. The first kappa shape index (κ1) is 11.0. The Hall–Kier alpha value is -0.110. The molecule has 13 heavy (non-hydrogen) atoms. The van der Waals surface area contributed by atoms with Gasteiger partial charge in [0.05, 0.1) is 4.99 Å². The molecule has 1 fully saturated rings. The molecule has 1 unspecified atom stereocenters. The summed E-state index contributed by atoms with van der Waals surface area (Å²) in [5.74, 6) is 1.35. The average molecular weight is 199 g/mol. The maximum absolute atomic E-state index is 5.79. The molecule has 1 aliphatic rings. The van der Waals surface area contributed by atoms with E-state index in [1.165, 1.54) is 44.9 Å². The van der Waals surface area contributed by atoms with Crippen molar-refractivity contribution < 1.29 is 0 Å². The van der Waals surface area contributed by atoms with Gasteiger partial charge in [-0.25, -0.2) is 0 Å². The van der Waals surface area contributed by atoms with E-state index < -0.39 is 0 Å². The first-order valence-corrected chi connectivity index (χ1v) is 5.95. The molecule has 1 atom stereocenters. The second-order valence-electron chi connectivity index (χ2n) is 4.20. The summed E-state index contributed by atoms with van der Waals surface area (Å²) in [5.41, 5.74) is 5.79. The normalized spacial score (nSPS) is 20.4. The second-order valence-corrected chi connectivity index (χ2v) is 4.67. The number of unbranched alkanes of at least 4 members (excludes halogenated alkanes) is 1. The van der Waals surface area contributed by atoms with Gasteiger partial charge in [-0.3, -0.25) is 0 Å². The van der Waals surface area contributed by atoms with Gasteiger partial charge in [-0.05, 0) is 25.2 Å². The molecule has 0 amide bonds. The van der Waals surface area contributed by atoms with Crippen LogP contribution >= 0.6 is 12.2 Å². The predicted octanol–water partition coefficient (Wildman–Crippen LogP) is 3.27. The lowest BCUT2D eigenvalue weighted by Crippen LogP contribution is -2.27. The van der Waals surface area contributed by atoms with E-state index in [1.807, 2.05) is 0 Å². The van der Waals surface area contributed by atoms with Crippen LogP contribution in [-0.2, 0) is 0 Å². The van der Waals surface area contributed by atoms with Crippen molar-refractivity contribution in [1.82, 2.24) is 0 Å². The van der Waals surface area contributed by atoms with Gasteiger partial charge >= 0.3 is 0 Å². The highest BCUT2D eigenvalue weighted by Crippen LogP contribution is 2.34. The smallest absolute Gasteiger partial charge is 0.0761 e. The summed E-state index contributed by atoms with van der Waals surface area (Å²) >= 11 is 5.14. The third-order valence-electron chi connectivity index (χ3n) is 3.20. The fourth-order valence-electron chi connectivity index (χ4n) is 2.39. The van der Waals surface area contributed by atoms with Gasteiger partial charge < -0.3 is 5.73 Å². The Bertz CT molecular complexity index is 161. The van der Waals surface area contributed by atoms with Crippen molar-refractivity contribution in [3.63, 3.8) is 0 Å². The lowest BCUT2D eigenvalue weighted by Gasteiger charge is -2.21. The van der Waals surface area contributed by atoms with Crippen LogP contribution in [0.4, 0.5) is 0 Å². The Morgan fingerprint density at radius 2 is 2.08 bits per heavy atom. The van der Waals surface area contributed by atoms with E-state index in [-0.39, 0.29) is 0 Å². The van der Waals surface area contributed by atoms with E-state index in [0.29, 0.717) is 5.92 Å². The Balaban J connectivity index is 2.40. The van der Waals surface area contributed by atoms with Crippen molar-refractivity contribution in [3.05, 3.63) is 0 Å². The van der Waals surface area contributed by atoms with Gasteiger partial charge in [0, 0.05) is 5.92 Å². The van der Waals surface area contributed by atoms with Gasteiger partial charge in [-0.1, -0.05) is 44.8 Å². The van der Waals surface area contributed by atoms with Crippen LogP contribution in [0.1, 0.15) is 51.9 Å². The SMILES string of the molecule is CCCCC(C(N)=S)C1CCCC1. The highest BCUT2D eigenvalue weighted by atomic mass is 32.1. The topological polar surface area (TPSA) is 26.0 Å². The van der Waals surface area contributed by atoms with Gasteiger partial charge in [0.1, 0.15) is 0 Å². The van der Waals surface area contributed by atoms with Crippen LogP contribution in [0.25, 0.3) is 0 Å². The first-order valence-electron chi connectivity index (χ1n) is 5.55. The maximum Gasteiger partial charge on any atom is 0.0761 e. The minimum atomic E-state index is 0.539. The summed E-state index contributed by atoms with van der Waals surface area (Å²) in [4.78, 5) is 0.764. The Morgan fingerprint density at radius 1 is 1.46 bits per heavy atom. The predicted molar refractivity (Wildman–Crippen MR) is 61.8 cm³/mol. The molecule has 1 saturated carbocycles. The van der Waals surface area contributed by atoms with E-state index >= 15 is 0 Å². The highest BCUT2D eigenvalue weighted by molar-refractivity contribution is 7.80. The van der Waals surface area contributed by atoms with Crippen molar-refractivity contribution in [2.75, 3.05) is 0 Å². The van der Waals surface area contributed by atoms with Crippen LogP contribution in [0.15, 0.2) is 0 Å². The minimum Gasteiger partial charge on any atom is -0.393 e. The van der Waals surface area contributed by atoms with Crippen molar-refractivity contribution in [1.29, 1.82) is 0 Å². The molecule has 0 aromatic heterocycles. The lowest BCUT2D eigenvalue weighted by molar-refractivity contribution is 0.397. The molecule has 76 valence electrons. The molecule has 1 aliphatic carbocycles. The molecule has 0 aliphatic heterocycles. The molecule has 0 spiro atoms. The first-order chi connectivity index (χ1) is 6.25. The minimum absolute atomic E-state index is 0.539. The van der Waals surface area contributed by atoms with Gasteiger partial charge in [-0.15, -0.1) is 0 Å². The standard InChI is InChI=1S/C11H21NS/c1-2-3-8-10(11(12)13)9-6-4-5-7-9/h9-10H,2-8H2,1H3,(H2,12,13). The van der Waals surface area contributed by atoms with Crippen LogP contribution in [-0.4, -0.2) is 4.99 Å². The molecule has 2 heteroatoms. The number of hydrogen-bond acceptors (Lipinski definition) is 1. The molecule has 1 nitrogen and oxygen atoms in total. The zero-order valence-corrected chi connectivity index (χ0v) is 9.41. The van der Waals surface area contributed by atoms with Crippen LogP contribution in [0.5, 0.6) is 0 Å². The summed E-state index contributed by atoms with van der Waals surface area (Å²) < 4.78 is 0. The Kier molecular flexibility index (Phi) is 4.71. The third-order valence-corrected chi connectivity index (χ3v) is 3.51. The molecule has 0 aromatic rings. The summed E-state index contributed by atoms with van der Waals surface area (Å²) in [6.07, 6.45) is 9.23. The largest absolute Gasteiger partial charge is 0.393 e. The van der Waals surface area contributed by atoms with Crippen molar-refractivity contribution in [2.24, 2.45) is 17.6 Å². The van der Waals surface area contributed by atoms with Crippen molar-refractivity contribution >= 4 is 17.2 Å². The molecule has 2 N–H and O–H groups in total. The van der Waals surface area contributed by atoms with E-state index in [0.717, 1.165) is 10.9 Å². The zero-order chi connectivity index (χ0) is 9.68. The third kappa shape index (κ3) is 3.26. The van der Waals surface area contributed by atoms with Gasteiger partial charge in [-0.2, -0.15) is 0 Å². The van der Waals surface area contributed by atoms with Gasteiger partial charge in [0.15, 0.2) is 0 Å². The summed E-state index contributed by atoms with van der Waals surface area (Å²) in [5, 5.41) is 0. The second kappa shape index (κ2) is 5.58. The van der Waals surface area contributed by atoms with E-state index in [9.17, 15) is 0 Å². The average Bonchev–Trinajstić information content (AvgIpc) is 2.57. The number of hydrogen-bond donors (Lipinski definition) is 1. The van der Waals surface area contributed by atoms with Crippen LogP contribution in [0, 0.1) is 11.8 Å². The van der Waals surface area contributed by atoms with Crippen LogP contribution < -0.4 is 5.73 Å². The van der Waals surface area contributed by atoms with Crippen LogP contribution in [0.3, 0.4) is 0 Å². The molecule has 0 heterocycles. The van der Waals surface area contributed by atoms with E-state index in [4.69, 9.17) is 18.0 Å². The molecule has 1 rings (SSSR count). The molecular weight excluding hydrogens is 178 g/mol. The lowest BCUT2D eigenvalue weighted by atomic mass is 9.87. The molecular formula is C11H21NS. The number of rotatable bonds is 5. The van der Waals surface area contributed by atoms with Gasteiger partial charge in [0.2, 0.25) is 0 Å². The van der Waals surface area contributed by atoms with Crippen molar-refractivity contribution in [3.8, 4) is 0 Å². The van der Waals surface area contributed by atoms with Crippen LogP contribution in [0.2, 0.25) is 0 Å². The zero-order valence-electron chi connectivity index (χ0n) is 8.59. The molecule has 0 radical (unpaired) electrons. The summed E-state index contributed by atoms with van der Waals surface area (Å²) in [6, 6.07) is 0. The summed E-state index contributed by atoms with van der Waals surface area (Å²) in [7, 11) is 0. The fraction of sp³-hybridized carbons (Fsp3) is 0.909. The molecule has 0 aromatic carbocycles. The maximum atomic E-state index is 5.79. The van der Waals surface area contributed by atoms with E-state index in [2.05, 4.69) is 6.92 Å². The Morgan fingerprint density at radius 3 is 2.54 bits per heavy atom. The number of nitrogens with two attached hydrogens (primary N) is 1. The highest BCUT2D eigenvalue weighted by Gasteiger charge is 2.26.